The second-order valence-corrected chi connectivity index (χ2v) is 4.14. The molecule has 0 saturated heterocycles. The van der Waals surface area contributed by atoms with E-state index >= 15 is 0 Å². The van der Waals surface area contributed by atoms with E-state index in [0.717, 1.165) is 5.69 Å². The lowest BCUT2D eigenvalue weighted by Crippen LogP contribution is -2.00. The van der Waals surface area contributed by atoms with Crippen LogP contribution in [-0.2, 0) is 6.54 Å². The number of phenols is 2. The van der Waals surface area contributed by atoms with Gasteiger partial charge in [-0.1, -0.05) is 6.07 Å². The maximum atomic E-state index is 9.68. The fourth-order valence-corrected chi connectivity index (χ4v) is 1.71. The van der Waals surface area contributed by atoms with Crippen LogP contribution in [0.25, 0.3) is 0 Å². The highest BCUT2D eigenvalue weighted by atomic mass is 16.5. The van der Waals surface area contributed by atoms with Crippen LogP contribution in [0, 0.1) is 11.3 Å². The first kappa shape index (κ1) is 13.6. The first-order valence-corrected chi connectivity index (χ1v) is 6.03. The molecule has 2 aromatic carbocycles. The number of ether oxygens (including phenoxy) is 1. The molecule has 0 aliphatic heterocycles. The van der Waals surface area contributed by atoms with Crippen LogP contribution in [0.4, 0.5) is 5.69 Å². The van der Waals surface area contributed by atoms with Crippen molar-refractivity contribution in [2.24, 2.45) is 0 Å². The number of benzene rings is 2. The summed E-state index contributed by atoms with van der Waals surface area (Å²) in [4.78, 5) is 0. The number of nitrogens with one attached hydrogen (secondary N) is 1. The molecule has 2 rings (SSSR count). The molecule has 0 aliphatic carbocycles. The SMILES string of the molecule is N#CCOc1cccc(NCc2ccc(O)cc2O)c1. The molecule has 20 heavy (non-hydrogen) atoms. The van der Waals surface area contributed by atoms with Crippen LogP contribution in [0.15, 0.2) is 42.5 Å². The van der Waals surface area contributed by atoms with Crippen molar-refractivity contribution in [2.45, 2.75) is 6.54 Å². The maximum Gasteiger partial charge on any atom is 0.174 e. The van der Waals surface area contributed by atoms with Gasteiger partial charge in [-0.15, -0.1) is 0 Å². The molecular formula is C15H14N2O3. The molecule has 0 amide bonds. The number of hydrogen-bond donors (Lipinski definition) is 3. The Kier molecular flexibility index (Phi) is 4.30. The predicted octanol–water partition coefficient (Wildman–Crippen LogP) is 2.61. The standard InChI is InChI=1S/C15H14N2O3/c16-6-7-20-14-3-1-2-12(8-14)17-10-11-4-5-13(18)9-15(11)19/h1-5,8-9,17-19H,7,10H2. The molecule has 0 bridgehead atoms. The Labute approximate surface area is 116 Å². The summed E-state index contributed by atoms with van der Waals surface area (Å²) in [7, 11) is 0. The number of hydrogen-bond acceptors (Lipinski definition) is 5. The first-order valence-electron chi connectivity index (χ1n) is 6.03. The summed E-state index contributed by atoms with van der Waals surface area (Å²) in [6.45, 7) is 0.413. The zero-order valence-electron chi connectivity index (χ0n) is 10.7. The Morgan fingerprint density at radius 1 is 1.15 bits per heavy atom. The van der Waals surface area contributed by atoms with Gasteiger partial charge in [-0.2, -0.15) is 5.26 Å². The van der Waals surface area contributed by atoms with E-state index < -0.39 is 0 Å². The Hall–Kier alpha value is -2.87. The van der Waals surface area contributed by atoms with E-state index in [0.29, 0.717) is 17.9 Å². The molecule has 0 atom stereocenters. The van der Waals surface area contributed by atoms with E-state index in [1.165, 1.54) is 12.1 Å². The Balaban J connectivity index is 2.01. The molecule has 5 nitrogen and oxygen atoms in total. The third-order valence-electron chi connectivity index (χ3n) is 2.69. The Morgan fingerprint density at radius 2 is 2.00 bits per heavy atom. The van der Waals surface area contributed by atoms with E-state index in [9.17, 15) is 10.2 Å². The summed E-state index contributed by atoms with van der Waals surface area (Å²) in [5.74, 6) is 0.666. The third kappa shape index (κ3) is 3.56. The number of anilines is 1. The quantitative estimate of drug-likeness (QED) is 0.777. The van der Waals surface area contributed by atoms with Gasteiger partial charge in [0.15, 0.2) is 6.61 Å². The van der Waals surface area contributed by atoms with Gasteiger partial charge in [0.1, 0.15) is 23.3 Å². The number of nitriles is 1. The maximum absolute atomic E-state index is 9.68. The molecule has 0 fully saturated rings. The fraction of sp³-hybridized carbons (Fsp3) is 0.133. The first-order chi connectivity index (χ1) is 9.69. The van der Waals surface area contributed by atoms with E-state index in [2.05, 4.69) is 5.32 Å². The van der Waals surface area contributed by atoms with E-state index in [1.807, 2.05) is 18.2 Å². The van der Waals surface area contributed by atoms with Crippen molar-refractivity contribution < 1.29 is 14.9 Å². The smallest absolute Gasteiger partial charge is 0.174 e. The summed E-state index contributed by atoms with van der Waals surface area (Å²) >= 11 is 0. The van der Waals surface area contributed by atoms with Gasteiger partial charge in [-0.05, 0) is 24.3 Å². The molecule has 0 aromatic heterocycles. The zero-order valence-corrected chi connectivity index (χ0v) is 10.7. The highest BCUT2D eigenvalue weighted by molar-refractivity contribution is 5.50. The molecular weight excluding hydrogens is 256 g/mol. The van der Waals surface area contributed by atoms with Crippen LogP contribution in [-0.4, -0.2) is 16.8 Å². The van der Waals surface area contributed by atoms with Gasteiger partial charge in [0.05, 0.1) is 0 Å². The molecule has 0 heterocycles. The van der Waals surface area contributed by atoms with E-state index in [4.69, 9.17) is 10.00 Å². The summed E-state index contributed by atoms with van der Waals surface area (Å²) in [6, 6.07) is 13.6. The Bertz CT molecular complexity index is 635. The topological polar surface area (TPSA) is 85.5 Å². The molecule has 102 valence electrons. The lowest BCUT2D eigenvalue weighted by Gasteiger charge is -2.10. The molecule has 2 aromatic rings. The summed E-state index contributed by atoms with van der Waals surface area (Å²) < 4.78 is 5.20. The van der Waals surface area contributed by atoms with Crippen LogP contribution >= 0.6 is 0 Å². The molecule has 0 aliphatic rings. The average molecular weight is 270 g/mol. The minimum atomic E-state index is 0.00219. The number of rotatable bonds is 5. The van der Waals surface area contributed by atoms with Gasteiger partial charge in [-0.3, -0.25) is 0 Å². The van der Waals surface area contributed by atoms with Crippen molar-refractivity contribution in [3.05, 3.63) is 48.0 Å². The van der Waals surface area contributed by atoms with Crippen LogP contribution < -0.4 is 10.1 Å². The van der Waals surface area contributed by atoms with Gasteiger partial charge in [0.25, 0.3) is 0 Å². The fourth-order valence-electron chi connectivity index (χ4n) is 1.71. The highest BCUT2D eigenvalue weighted by Crippen LogP contribution is 2.24. The highest BCUT2D eigenvalue weighted by Gasteiger charge is 2.03. The van der Waals surface area contributed by atoms with Gasteiger partial charge in [0.2, 0.25) is 0 Å². The summed E-state index contributed by atoms with van der Waals surface area (Å²) in [5, 5.41) is 30.5. The van der Waals surface area contributed by atoms with E-state index in [-0.39, 0.29) is 18.1 Å². The van der Waals surface area contributed by atoms with Crippen LogP contribution in [0.2, 0.25) is 0 Å². The minimum Gasteiger partial charge on any atom is -0.508 e. The molecule has 3 N–H and O–H groups in total. The van der Waals surface area contributed by atoms with Crippen molar-refractivity contribution >= 4 is 5.69 Å². The predicted molar refractivity (Wildman–Crippen MR) is 74.6 cm³/mol. The molecule has 0 radical (unpaired) electrons. The van der Waals surface area contributed by atoms with Gasteiger partial charge in [0, 0.05) is 29.9 Å². The second-order valence-electron chi connectivity index (χ2n) is 4.14. The van der Waals surface area contributed by atoms with Crippen molar-refractivity contribution in [3.63, 3.8) is 0 Å². The van der Waals surface area contributed by atoms with Crippen molar-refractivity contribution in [2.75, 3.05) is 11.9 Å². The van der Waals surface area contributed by atoms with Gasteiger partial charge >= 0.3 is 0 Å². The van der Waals surface area contributed by atoms with Crippen LogP contribution in [0.1, 0.15) is 5.56 Å². The lowest BCUT2D eigenvalue weighted by atomic mass is 10.2. The number of phenolic OH excluding ortho intramolecular Hbond substituents is 2. The van der Waals surface area contributed by atoms with Crippen molar-refractivity contribution in [1.82, 2.24) is 0 Å². The molecule has 0 unspecified atom stereocenters. The normalized spacial score (nSPS) is 9.75. The minimum absolute atomic E-state index is 0.00219. The third-order valence-corrected chi connectivity index (χ3v) is 2.69. The van der Waals surface area contributed by atoms with Crippen molar-refractivity contribution in [3.8, 4) is 23.3 Å². The number of aromatic hydroxyl groups is 2. The van der Waals surface area contributed by atoms with Crippen LogP contribution in [0.5, 0.6) is 17.2 Å². The van der Waals surface area contributed by atoms with Gasteiger partial charge < -0.3 is 20.3 Å². The van der Waals surface area contributed by atoms with Gasteiger partial charge in [-0.25, -0.2) is 0 Å². The molecule has 0 saturated carbocycles. The lowest BCUT2D eigenvalue weighted by molar-refractivity contribution is 0.368. The zero-order chi connectivity index (χ0) is 14.4. The monoisotopic (exact) mass is 270 g/mol. The van der Waals surface area contributed by atoms with Crippen molar-refractivity contribution in [1.29, 1.82) is 5.26 Å². The Morgan fingerprint density at radius 3 is 2.75 bits per heavy atom. The molecule has 5 heteroatoms. The summed E-state index contributed by atoms with van der Waals surface area (Å²) in [6.07, 6.45) is 0. The average Bonchev–Trinajstić information content (AvgIpc) is 2.45. The summed E-state index contributed by atoms with van der Waals surface area (Å²) in [5.41, 5.74) is 1.49. The number of nitrogens with zero attached hydrogens (tertiary/aromatic N) is 1. The largest absolute Gasteiger partial charge is 0.508 e. The molecule has 0 spiro atoms. The van der Waals surface area contributed by atoms with E-state index in [1.54, 1.807) is 18.2 Å². The second kappa shape index (κ2) is 6.34. The van der Waals surface area contributed by atoms with Crippen LogP contribution in [0.3, 0.4) is 0 Å².